The number of aromatic nitrogens is 2. The van der Waals surface area contributed by atoms with Crippen LogP contribution in [0.15, 0.2) is 48.5 Å². The van der Waals surface area contributed by atoms with Crippen LogP contribution in [0.3, 0.4) is 0 Å². The minimum absolute atomic E-state index is 0.0891. The van der Waals surface area contributed by atoms with Gasteiger partial charge in [0.1, 0.15) is 23.3 Å². The van der Waals surface area contributed by atoms with Crippen LogP contribution in [-0.4, -0.2) is 9.97 Å². The van der Waals surface area contributed by atoms with Crippen LogP contribution < -0.4 is 10.6 Å². The maximum absolute atomic E-state index is 13.7. The summed E-state index contributed by atoms with van der Waals surface area (Å²) in [5.74, 6) is -1.23. The molecule has 1 heterocycles. The van der Waals surface area contributed by atoms with Crippen LogP contribution in [0.1, 0.15) is 5.69 Å². The molecule has 0 saturated carbocycles. The van der Waals surface area contributed by atoms with Crippen molar-refractivity contribution < 1.29 is 13.2 Å². The van der Waals surface area contributed by atoms with Crippen molar-refractivity contribution in [3.05, 3.63) is 71.7 Å². The first-order chi connectivity index (χ1) is 11.5. The van der Waals surface area contributed by atoms with E-state index in [2.05, 4.69) is 20.6 Å². The monoisotopic (exact) mass is 330 g/mol. The highest BCUT2D eigenvalue weighted by atomic mass is 19.1. The quantitative estimate of drug-likeness (QED) is 0.729. The lowest BCUT2D eigenvalue weighted by Gasteiger charge is -2.10. The van der Waals surface area contributed by atoms with Gasteiger partial charge in [-0.2, -0.15) is 4.98 Å². The Morgan fingerprint density at radius 2 is 1.62 bits per heavy atom. The lowest BCUT2D eigenvalue weighted by Crippen LogP contribution is -2.03. The molecule has 0 spiro atoms. The van der Waals surface area contributed by atoms with Crippen molar-refractivity contribution in [1.29, 1.82) is 0 Å². The molecule has 0 fully saturated rings. The Morgan fingerprint density at radius 1 is 0.833 bits per heavy atom. The number of anilines is 4. The molecule has 3 rings (SSSR count). The van der Waals surface area contributed by atoms with Gasteiger partial charge in [0.05, 0.1) is 5.69 Å². The number of nitrogens with one attached hydrogen (secondary N) is 2. The summed E-state index contributed by atoms with van der Waals surface area (Å²) in [4.78, 5) is 8.40. The molecule has 0 aliphatic heterocycles. The predicted octanol–water partition coefficient (Wildman–Crippen LogP) is 4.69. The molecule has 122 valence electrons. The number of aryl methyl sites for hydroxylation is 1. The minimum atomic E-state index is -0.731. The molecular formula is C17H13F3N4. The zero-order valence-electron chi connectivity index (χ0n) is 12.6. The fraction of sp³-hybridized carbons (Fsp3) is 0.0588. The number of nitrogens with zero attached hydrogens (tertiary/aromatic N) is 2. The fourth-order valence-corrected chi connectivity index (χ4v) is 2.11. The van der Waals surface area contributed by atoms with Crippen LogP contribution in [0, 0.1) is 24.4 Å². The number of halogens is 3. The third-order valence-electron chi connectivity index (χ3n) is 3.13. The van der Waals surface area contributed by atoms with Crippen LogP contribution in [0.25, 0.3) is 0 Å². The van der Waals surface area contributed by atoms with Gasteiger partial charge in [-0.15, -0.1) is 0 Å². The Balaban J connectivity index is 1.86. The molecule has 0 radical (unpaired) electrons. The Labute approximate surface area is 136 Å². The highest BCUT2D eigenvalue weighted by Crippen LogP contribution is 2.22. The van der Waals surface area contributed by atoms with E-state index in [1.807, 2.05) is 0 Å². The summed E-state index contributed by atoms with van der Waals surface area (Å²) < 4.78 is 39.9. The third kappa shape index (κ3) is 3.81. The molecule has 1 aromatic heterocycles. The zero-order chi connectivity index (χ0) is 17.1. The van der Waals surface area contributed by atoms with E-state index >= 15 is 0 Å². The molecule has 0 bridgehead atoms. The highest BCUT2D eigenvalue weighted by Gasteiger charge is 2.08. The molecule has 2 N–H and O–H groups in total. The summed E-state index contributed by atoms with van der Waals surface area (Å²) in [5, 5.41) is 5.65. The molecular weight excluding hydrogens is 317 g/mol. The van der Waals surface area contributed by atoms with Crippen molar-refractivity contribution in [2.24, 2.45) is 0 Å². The van der Waals surface area contributed by atoms with Gasteiger partial charge in [0, 0.05) is 23.5 Å². The standard InChI is InChI=1S/C17H13F3N4/c1-10-7-16(23-15-6-5-12(19)9-14(15)20)24-17(21-10)22-13-4-2-3-11(18)8-13/h2-9H,1H3,(H2,21,22,23,24). The van der Waals surface area contributed by atoms with Crippen molar-refractivity contribution in [3.63, 3.8) is 0 Å². The Hall–Kier alpha value is -3.09. The Kier molecular flexibility index (Phi) is 4.33. The van der Waals surface area contributed by atoms with Gasteiger partial charge < -0.3 is 10.6 Å². The van der Waals surface area contributed by atoms with E-state index in [1.54, 1.807) is 25.1 Å². The Bertz CT molecular complexity index is 883. The van der Waals surface area contributed by atoms with Crippen molar-refractivity contribution >= 4 is 23.1 Å². The topological polar surface area (TPSA) is 49.8 Å². The van der Waals surface area contributed by atoms with E-state index in [-0.39, 0.29) is 17.5 Å². The number of rotatable bonds is 4. The molecule has 0 atom stereocenters. The summed E-state index contributed by atoms with van der Waals surface area (Å²) in [6.45, 7) is 1.74. The second-order valence-corrected chi connectivity index (χ2v) is 5.10. The minimum Gasteiger partial charge on any atom is -0.338 e. The van der Waals surface area contributed by atoms with Gasteiger partial charge in [-0.1, -0.05) is 6.07 Å². The molecule has 0 aliphatic carbocycles. The summed E-state index contributed by atoms with van der Waals surface area (Å²) >= 11 is 0. The van der Waals surface area contributed by atoms with Crippen molar-refractivity contribution in [2.75, 3.05) is 10.6 Å². The lowest BCUT2D eigenvalue weighted by molar-refractivity contribution is 0.586. The number of benzene rings is 2. The first kappa shape index (κ1) is 15.8. The van der Waals surface area contributed by atoms with Crippen molar-refractivity contribution in [3.8, 4) is 0 Å². The van der Waals surface area contributed by atoms with Gasteiger partial charge in [-0.05, 0) is 37.3 Å². The molecule has 0 unspecified atom stereocenters. The van der Waals surface area contributed by atoms with Gasteiger partial charge in [0.15, 0.2) is 0 Å². The zero-order valence-corrected chi connectivity index (χ0v) is 12.6. The van der Waals surface area contributed by atoms with E-state index < -0.39 is 11.6 Å². The van der Waals surface area contributed by atoms with Gasteiger partial charge in [-0.3, -0.25) is 0 Å². The first-order valence-corrected chi connectivity index (χ1v) is 7.10. The van der Waals surface area contributed by atoms with Crippen LogP contribution >= 0.6 is 0 Å². The summed E-state index contributed by atoms with van der Waals surface area (Å²) in [5.41, 5.74) is 1.19. The summed E-state index contributed by atoms with van der Waals surface area (Å²) in [6.07, 6.45) is 0. The van der Waals surface area contributed by atoms with Crippen LogP contribution in [0.5, 0.6) is 0 Å². The predicted molar refractivity (Wildman–Crippen MR) is 86.1 cm³/mol. The van der Waals surface area contributed by atoms with Crippen molar-refractivity contribution in [1.82, 2.24) is 9.97 Å². The van der Waals surface area contributed by atoms with E-state index in [4.69, 9.17) is 0 Å². The molecule has 3 aromatic rings. The second-order valence-electron chi connectivity index (χ2n) is 5.10. The Morgan fingerprint density at radius 3 is 2.38 bits per heavy atom. The molecule has 0 saturated heterocycles. The fourth-order valence-electron chi connectivity index (χ4n) is 2.11. The second kappa shape index (κ2) is 6.57. The third-order valence-corrected chi connectivity index (χ3v) is 3.13. The van der Waals surface area contributed by atoms with Gasteiger partial charge in [-0.25, -0.2) is 18.2 Å². The number of hydrogen-bond donors (Lipinski definition) is 2. The molecule has 2 aromatic carbocycles. The SMILES string of the molecule is Cc1cc(Nc2ccc(F)cc2F)nc(Nc2cccc(F)c2)n1. The molecule has 4 nitrogen and oxygen atoms in total. The van der Waals surface area contributed by atoms with Gasteiger partial charge in [0.25, 0.3) is 0 Å². The van der Waals surface area contributed by atoms with Crippen LogP contribution in [0.4, 0.5) is 36.3 Å². The molecule has 0 amide bonds. The molecule has 0 aliphatic rings. The molecule has 24 heavy (non-hydrogen) atoms. The number of hydrogen-bond acceptors (Lipinski definition) is 4. The van der Waals surface area contributed by atoms with Crippen LogP contribution in [-0.2, 0) is 0 Å². The van der Waals surface area contributed by atoms with E-state index in [0.29, 0.717) is 17.2 Å². The van der Waals surface area contributed by atoms with E-state index in [0.717, 1.165) is 12.1 Å². The maximum atomic E-state index is 13.7. The first-order valence-electron chi connectivity index (χ1n) is 7.10. The highest BCUT2D eigenvalue weighted by molar-refractivity contribution is 5.60. The van der Waals surface area contributed by atoms with Gasteiger partial charge >= 0.3 is 0 Å². The lowest BCUT2D eigenvalue weighted by atomic mass is 10.3. The smallest absolute Gasteiger partial charge is 0.229 e. The summed E-state index contributed by atoms with van der Waals surface area (Å²) in [6, 6.07) is 10.7. The average Bonchev–Trinajstić information content (AvgIpc) is 2.49. The maximum Gasteiger partial charge on any atom is 0.229 e. The molecule has 7 heteroatoms. The van der Waals surface area contributed by atoms with Gasteiger partial charge in [0.2, 0.25) is 5.95 Å². The van der Waals surface area contributed by atoms with Crippen molar-refractivity contribution in [2.45, 2.75) is 6.92 Å². The summed E-state index contributed by atoms with van der Waals surface area (Å²) in [7, 11) is 0. The van der Waals surface area contributed by atoms with Crippen LogP contribution in [0.2, 0.25) is 0 Å². The van der Waals surface area contributed by atoms with E-state index in [9.17, 15) is 13.2 Å². The normalized spacial score (nSPS) is 10.5. The van der Waals surface area contributed by atoms with E-state index in [1.165, 1.54) is 18.2 Å². The largest absolute Gasteiger partial charge is 0.338 e. The average molecular weight is 330 g/mol.